The molecule has 0 fully saturated rings. The topological polar surface area (TPSA) is 94.1 Å². The van der Waals surface area contributed by atoms with E-state index in [9.17, 15) is 9.59 Å². The predicted molar refractivity (Wildman–Crippen MR) is 99.1 cm³/mol. The maximum atomic E-state index is 11.6. The molecule has 0 aliphatic heterocycles. The zero-order valence-corrected chi connectivity index (χ0v) is 15.1. The van der Waals surface area contributed by atoms with Gasteiger partial charge in [-0.3, -0.25) is 9.59 Å². The summed E-state index contributed by atoms with van der Waals surface area (Å²) < 4.78 is 16.6. The molecule has 0 aliphatic rings. The van der Waals surface area contributed by atoms with Crippen LogP contribution in [-0.4, -0.2) is 37.3 Å². The van der Waals surface area contributed by atoms with Crippen LogP contribution in [0, 0.1) is 0 Å². The van der Waals surface area contributed by atoms with Gasteiger partial charge in [-0.05, 0) is 29.8 Å². The lowest BCUT2D eigenvalue weighted by Crippen LogP contribution is -2.23. The molecule has 2 aromatic rings. The van der Waals surface area contributed by atoms with Gasteiger partial charge in [-0.15, -0.1) is 0 Å². The van der Waals surface area contributed by atoms with Gasteiger partial charge in [-0.2, -0.15) is 0 Å². The zero-order chi connectivity index (χ0) is 19.5. The first-order valence-corrected chi connectivity index (χ1v) is 8.54. The Balaban J connectivity index is 1.84. The molecule has 0 aromatic heterocycles. The maximum absolute atomic E-state index is 11.6. The number of rotatable bonds is 11. The first-order chi connectivity index (χ1) is 13.1. The average Bonchev–Trinajstić information content (AvgIpc) is 2.69. The number of hydrogen-bond donors (Lipinski definition) is 2. The quantitative estimate of drug-likeness (QED) is 0.588. The highest BCUT2D eigenvalue weighted by Gasteiger charge is 2.08. The molecular weight excluding hydrogens is 350 g/mol. The zero-order valence-electron chi connectivity index (χ0n) is 15.1. The fraction of sp³-hybridized carbons (Fsp3) is 0.300. The highest BCUT2D eigenvalue weighted by atomic mass is 16.5. The van der Waals surface area contributed by atoms with Crippen LogP contribution in [0.25, 0.3) is 0 Å². The van der Waals surface area contributed by atoms with E-state index in [1.54, 1.807) is 19.2 Å². The molecule has 0 saturated carbocycles. The van der Waals surface area contributed by atoms with Gasteiger partial charge in [0.15, 0.2) is 11.5 Å². The summed E-state index contributed by atoms with van der Waals surface area (Å²) in [6, 6.07) is 14.8. The molecule has 0 spiro atoms. The smallest absolute Gasteiger partial charge is 0.303 e. The van der Waals surface area contributed by atoms with E-state index in [1.807, 2.05) is 36.4 Å². The summed E-state index contributed by atoms with van der Waals surface area (Å²) >= 11 is 0. The summed E-state index contributed by atoms with van der Waals surface area (Å²) in [5.74, 6) is 0.586. The number of carbonyl (C=O) groups is 2. The molecule has 0 unspecified atom stereocenters. The lowest BCUT2D eigenvalue weighted by Gasteiger charge is -2.13. The van der Waals surface area contributed by atoms with Crippen molar-refractivity contribution in [2.75, 3.05) is 20.3 Å². The molecule has 0 saturated heterocycles. The molecule has 0 bridgehead atoms. The molecule has 0 radical (unpaired) electrons. The molecule has 2 rings (SSSR count). The van der Waals surface area contributed by atoms with Crippen molar-refractivity contribution in [1.82, 2.24) is 5.32 Å². The number of carboxylic acid groups (broad SMARTS) is 1. The molecule has 0 heterocycles. The van der Waals surface area contributed by atoms with Crippen molar-refractivity contribution in [3.8, 4) is 17.2 Å². The molecule has 0 atom stereocenters. The van der Waals surface area contributed by atoms with Gasteiger partial charge in [-0.25, -0.2) is 0 Å². The minimum Gasteiger partial charge on any atom is -0.493 e. The summed E-state index contributed by atoms with van der Waals surface area (Å²) in [6.45, 7) is 0.988. The van der Waals surface area contributed by atoms with Crippen molar-refractivity contribution >= 4 is 11.9 Å². The minimum absolute atomic E-state index is 0.0499. The molecule has 0 aliphatic carbocycles. The van der Waals surface area contributed by atoms with E-state index in [4.69, 9.17) is 19.3 Å². The van der Waals surface area contributed by atoms with Gasteiger partial charge in [-0.1, -0.05) is 24.3 Å². The molecule has 144 valence electrons. The van der Waals surface area contributed by atoms with E-state index < -0.39 is 5.97 Å². The van der Waals surface area contributed by atoms with Gasteiger partial charge in [0, 0.05) is 13.0 Å². The van der Waals surface area contributed by atoms with E-state index >= 15 is 0 Å². The van der Waals surface area contributed by atoms with Crippen LogP contribution in [0.2, 0.25) is 0 Å². The average molecular weight is 373 g/mol. The largest absolute Gasteiger partial charge is 0.493 e. The van der Waals surface area contributed by atoms with Crippen molar-refractivity contribution in [1.29, 1.82) is 0 Å². The fourth-order valence-electron chi connectivity index (χ4n) is 2.28. The highest BCUT2D eigenvalue weighted by Crippen LogP contribution is 2.28. The van der Waals surface area contributed by atoms with Gasteiger partial charge >= 0.3 is 5.97 Å². The number of benzene rings is 2. The lowest BCUT2D eigenvalue weighted by molar-refractivity contribution is -0.138. The molecule has 2 N–H and O–H groups in total. The molecule has 1 amide bonds. The number of para-hydroxylation sites is 1. The first-order valence-electron chi connectivity index (χ1n) is 8.54. The third kappa shape index (κ3) is 7.27. The van der Waals surface area contributed by atoms with Crippen LogP contribution in [-0.2, 0) is 16.1 Å². The molecule has 27 heavy (non-hydrogen) atoms. The first kappa shape index (κ1) is 20.1. The highest BCUT2D eigenvalue weighted by molar-refractivity contribution is 5.80. The fourth-order valence-corrected chi connectivity index (χ4v) is 2.28. The van der Waals surface area contributed by atoms with Crippen molar-refractivity contribution in [3.63, 3.8) is 0 Å². The van der Waals surface area contributed by atoms with E-state index in [-0.39, 0.29) is 25.3 Å². The third-order valence-corrected chi connectivity index (χ3v) is 3.64. The second-order valence-corrected chi connectivity index (χ2v) is 5.67. The Labute approximate surface area is 157 Å². The van der Waals surface area contributed by atoms with Crippen molar-refractivity contribution in [2.24, 2.45) is 0 Å². The van der Waals surface area contributed by atoms with Crippen molar-refractivity contribution < 1.29 is 28.9 Å². The summed E-state index contributed by atoms with van der Waals surface area (Å²) in [4.78, 5) is 22.1. The number of aliphatic carboxylic acids is 1. The monoisotopic (exact) mass is 373 g/mol. The van der Waals surface area contributed by atoms with Gasteiger partial charge in [0.25, 0.3) is 0 Å². The van der Waals surface area contributed by atoms with Crippen molar-refractivity contribution in [3.05, 3.63) is 54.1 Å². The number of ether oxygens (including phenoxy) is 3. The minimum atomic E-state index is -0.997. The maximum Gasteiger partial charge on any atom is 0.303 e. The van der Waals surface area contributed by atoms with Crippen LogP contribution in [0.3, 0.4) is 0 Å². The van der Waals surface area contributed by atoms with Crippen LogP contribution in [0.4, 0.5) is 0 Å². The normalized spacial score (nSPS) is 10.1. The second kappa shape index (κ2) is 10.7. The van der Waals surface area contributed by atoms with E-state index in [0.717, 1.165) is 11.3 Å². The number of methoxy groups -OCH3 is 1. The Kier molecular flexibility index (Phi) is 7.96. The number of hydrogen-bond acceptors (Lipinski definition) is 5. The summed E-state index contributed by atoms with van der Waals surface area (Å²) in [5.41, 5.74) is 0.818. The second-order valence-electron chi connectivity index (χ2n) is 5.67. The number of nitrogens with one attached hydrogen (secondary N) is 1. The molecular formula is C20H23NO6. The summed E-state index contributed by atoms with van der Waals surface area (Å²) in [6.07, 6.45) is -0.240. The van der Waals surface area contributed by atoms with Crippen LogP contribution >= 0.6 is 0 Å². The Morgan fingerprint density at radius 3 is 2.41 bits per heavy atom. The van der Waals surface area contributed by atoms with E-state index in [2.05, 4.69) is 5.32 Å². The summed E-state index contributed by atoms with van der Waals surface area (Å²) in [5, 5.41) is 11.3. The number of carboxylic acids is 1. The van der Waals surface area contributed by atoms with E-state index in [1.165, 1.54) is 0 Å². The Hall–Kier alpha value is -3.22. The van der Waals surface area contributed by atoms with Crippen LogP contribution < -0.4 is 19.5 Å². The van der Waals surface area contributed by atoms with Crippen LogP contribution in [0.1, 0.15) is 18.4 Å². The number of amides is 1. The Morgan fingerprint density at radius 1 is 0.963 bits per heavy atom. The standard InChI is InChI=1S/C20H23NO6/c1-25-17-8-7-15(14-21-19(22)9-10-20(23)24)13-18(17)27-12-11-26-16-5-3-2-4-6-16/h2-8,13H,9-12,14H2,1H3,(H,21,22)(H,23,24). The van der Waals surface area contributed by atoms with E-state index in [0.29, 0.717) is 24.7 Å². The third-order valence-electron chi connectivity index (χ3n) is 3.64. The Morgan fingerprint density at radius 2 is 1.70 bits per heavy atom. The van der Waals surface area contributed by atoms with Crippen molar-refractivity contribution in [2.45, 2.75) is 19.4 Å². The lowest BCUT2D eigenvalue weighted by atomic mass is 10.2. The molecule has 2 aromatic carbocycles. The summed E-state index contributed by atoms with van der Waals surface area (Å²) in [7, 11) is 1.55. The van der Waals surface area contributed by atoms with Gasteiger partial charge in [0.2, 0.25) is 5.91 Å². The molecule has 7 heteroatoms. The molecule has 7 nitrogen and oxygen atoms in total. The predicted octanol–water partition coefficient (Wildman–Crippen LogP) is 2.63. The Bertz CT molecular complexity index is 747. The van der Waals surface area contributed by atoms with Crippen LogP contribution in [0.5, 0.6) is 17.2 Å². The SMILES string of the molecule is COc1ccc(CNC(=O)CCC(=O)O)cc1OCCOc1ccccc1. The van der Waals surface area contributed by atoms with Gasteiger partial charge < -0.3 is 24.6 Å². The van der Waals surface area contributed by atoms with Gasteiger partial charge in [0.1, 0.15) is 19.0 Å². The number of carbonyl (C=O) groups excluding carboxylic acids is 1. The van der Waals surface area contributed by atoms with Gasteiger partial charge in [0.05, 0.1) is 13.5 Å². The van der Waals surface area contributed by atoms with Crippen LogP contribution in [0.15, 0.2) is 48.5 Å².